The van der Waals surface area contributed by atoms with Crippen molar-refractivity contribution >= 4 is 46.2 Å². The van der Waals surface area contributed by atoms with E-state index in [-0.39, 0.29) is 41.4 Å². The highest BCUT2D eigenvalue weighted by atomic mass is 19.1. The number of carbonyl (C=O) groups is 3. The van der Waals surface area contributed by atoms with Crippen LogP contribution in [0, 0.1) is 18.6 Å². The van der Waals surface area contributed by atoms with Gasteiger partial charge in [-0.3, -0.25) is 29.5 Å². The molecular formula is C43H47F2N11O3. The Bertz CT molecular complexity index is 2440. The van der Waals surface area contributed by atoms with Crippen molar-refractivity contribution in [3.63, 3.8) is 0 Å². The molecule has 1 atom stereocenters. The van der Waals surface area contributed by atoms with Crippen LogP contribution in [0.3, 0.4) is 0 Å². The topological polar surface area (TPSA) is 145 Å². The van der Waals surface area contributed by atoms with Crippen LogP contribution in [0.5, 0.6) is 0 Å². The zero-order chi connectivity index (χ0) is 40.9. The first kappa shape index (κ1) is 38.6. The van der Waals surface area contributed by atoms with Gasteiger partial charge in [0.2, 0.25) is 17.8 Å². The Morgan fingerprint density at radius 3 is 2.41 bits per heavy atom. The number of piperazine rings is 1. The summed E-state index contributed by atoms with van der Waals surface area (Å²) in [7, 11) is 0. The van der Waals surface area contributed by atoms with Crippen LogP contribution in [-0.4, -0.2) is 108 Å². The lowest BCUT2D eigenvalue weighted by Gasteiger charge is -2.43. The maximum atomic E-state index is 15.2. The number of benzene rings is 2. The summed E-state index contributed by atoms with van der Waals surface area (Å²) >= 11 is 0. The second kappa shape index (κ2) is 15.7. The lowest BCUT2D eigenvalue weighted by Crippen LogP contribution is -2.53. The van der Waals surface area contributed by atoms with E-state index >= 15 is 8.78 Å². The van der Waals surface area contributed by atoms with E-state index in [1.54, 1.807) is 11.0 Å². The third kappa shape index (κ3) is 7.62. The van der Waals surface area contributed by atoms with Crippen molar-refractivity contribution in [1.29, 1.82) is 0 Å². The van der Waals surface area contributed by atoms with Gasteiger partial charge in [-0.1, -0.05) is 6.07 Å². The summed E-state index contributed by atoms with van der Waals surface area (Å²) < 4.78 is 32.1. The molecule has 3 saturated heterocycles. The van der Waals surface area contributed by atoms with Gasteiger partial charge in [-0.15, -0.1) is 0 Å². The zero-order valence-corrected chi connectivity index (χ0v) is 33.4. The second-order valence-corrected chi connectivity index (χ2v) is 16.3. The molecule has 0 radical (unpaired) electrons. The summed E-state index contributed by atoms with van der Waals surface area (Å²) in [4.78, 5) is 63.8. The summed E-state index contributed by atoms with van der Waals surface area (Å²) in [6, 6.07) is 12.8. The van der Waals surface area contributed by atoms with Gasteiger partial charge in [0.25, 0.3) is 5.91 Å². The van der Waals surface area contributed by atoms with Crippen LogP contribution in [0.2, 0.25) is 0 Å². The summed E-state index contributed by atoms with van der Waals surface area (Å²) in [6.07, 6.45) is 5.63. The first-order chi connectivity index (χ1) is 28.5. The van der Waals surface area contributed by atoms with Gasteiger partial charge in [-0.05, 0) is 87.6 Å². The Morgan fingerprint density at radius 2 is 1.68 bits per heavy atom. The third-order valence-corrected chi connectivity index (χ3v) is 12.2. The fraction of sp³-hybridized carbons (Fsp3) is 0.419. The van der Waals surface area contributed by atoms with Crippen LogP contribution in [0.15, 0.2) is 54.9 Å². The number of amides is 3. The molecule has 16 heteroatoms. The van der Waals surface area contributed by atoms with Crippen LogP contribution < -0.4 is 15.5 Å². The number of nitrogens with one attached hydrogen (secondary N) is 2. The van der Waals surface area contributed by atoms with Crippen molar-refractivity contribution in [2.24, 2.45) is 0 Å². The lowest BCUT2D eigenvalue weighted by molar-refractivity contribution is -0.136. The number of piperidine rings is 2. The Hall–Kier alpha value is -5.87. The van der Waals surface area contributed by atoms with Gasteiger partial charge >= 0.3 is 0 Å². The number of nitrogens with zero attached hydrogens (tertiary/aromatic N) is 9. The quantitative estimate of drug-likeness (QED) is 0.186. The zero-order valence-electron chi connectivity index (χ0n) is 33.4. The van der Waals surface area contributed by atoms with Crippen LogP contribution >= 0.6 is 0 Å². The van der Waals surface area contributed by atoms with Crippen molar-refractivity contribution in [2.45, 2.75) is 77.7 Å². The average Bonchev–Trinajstić information content (AvgIpc) is 3.75. The molecule has 4 aliphatic heterocycles. The van der Waals surface area contributed by atoms with E-state index in [2.05, 4.69) is 51.3 Å². The monoisotopic (exact) mass is 803 g/mol. The fourth-order valence-electron chi connectivity index (χ4n) is 9.19. The summed E-state index contributed by atoms with van der Waals surface area (Å²) in [5.41, 5.74) is 4.86. The molecule has 0 aliphatic carbocycles. The third-order valence-electron chi connectivity index (χ3n) is 12.2. The van der Waals surface area contributed by atoms with E-state index in [9.17, 15) is 14.4 Å². The summed E-state index contributed by atoms with van der Waals surface area (Å²) in [6.45, 7) is 12.7. The second-order valence-electron chi connectivity index (χ2n) is 16.3. The average molecular weight is 804 g/mol. The highest BCUT2D eigenvalue weighted by Gasteiger charge is 2.39. The number of imidazole rings is 1. The van der Waals surface area contributed by atoms with E-state index < -0.39 is 23.6 Å². The Morgan fingerprint density at radius 1 is 0.881 bits per heavy atom. The Kier molecular flexibility index (Phi) is 10.3. The molecule has 0 spiro atoms. The number of aryl methyl sites for hydroxylation is 1. The van der Waals surface area contributed by atoms with Gasteiger partial charge in [0.15, 0.2) is 11.6 Å². The van der Waals surface area contributed by atoms with Crippen molar-refractivity contribution in [3.05, 3.63) is 89.0 Å². The van der Waals surface area contributed by atoms with E-state index in [4.69, 9.17) is 0 Å². The van der Waals surface area contributed by atoms with Gasteiger partial charge in [-0.25, -0.2) is 28.7 Å². The number of imide groups is 1. The lowest BCUT2D eigenvalue weighted by atomic mass is 10.0. The van der Waals surface area contributed by atoms with Crippen LogP contribution in [0.1, 0.15) is 72.9 Å². The molecule has 0 bridgehead atoms. The normalized spacial score (nSPS) is 19.6. The number of rotatable bonds is 9. The van der Waals surface area contributed by atoms with Crippen molar-refractivity contribution < 1.29 is 23.2 Å². The van der Waals surface area contributed by atoms with Crippen LogP contribution in [-0.2, 0) is 22.7 Å². The molecule has 2 N–H and O–H groups in total. The van der Waals surface area contributed by atoms with E-state index in [0.29, 0.717) is 47.3 Å². The maximum absolute atomic E-state index is 15.2. The summed E-state index contributed by atoms with van der Waals surface area (Å²) in [5, 5.41) is 5.44. The molecule has 5 aromatic rings. The highest BCUT2D eigenvalue weighted by Crippen LogP contribution is 2.33. The minimum atomic E-state index is -0.659. The van der Waals surface area contributed by atoms with Crippen LogP contribution in [0.4, 0.5) is 26.2 Å². The van der Waals surface area contributed by atoms with Gasteiger partial charge in [0.1, 0.15) is 28.9 Å². The number of halogens is 2. The number of anilines is 3. The first-order valence-electron chi connectivity index (χ1n) is 20.4. The predicted molar refractivity (Wildman–Crippen MR) is 218 cm³/mol. The number of hydrogen-bond donors (Lipinski definition) is 2. The number of pyridine rings is 1. The molecule has 3 amide bonds. The van der Waals surface area contributed by atoms with Crippen LogP contribution in [0.25, 0.3) is 22.3 Å². The molecule has 9 rings (SSSR count). The van der Waals surface area contributed by atoms with Crippen molar-refractivity contribution in [3.8, 4) is 11.3 Å². The van der Waals surface area contributed by atoms with Gasteiger partial charge in [-0.2, -0.15) is 0 Å². The summed E-state index contributed by atoms with van der Waals surface area (Å²) in [5.74, 6) is -0.673. The maximum Gasteiger partial charge on any atom is 0.255 e. The van der Waals surface area contributed by atoms with E-state index in [0.717, 1.165) is 81.7 Å². The molecule has 3 fully saturated rings. The SMILES string of the molecule is Cc1nc2c(F)cc(-c3nc(Nc4ccc(CN5CCN(C6CCN(c7ccc8c(c7)CN(C7CCC(=O)NC7=O)C8=O)CC6)CC5)cn4)ncc3F)cc2n1C(C)C. The molecule has 2 aromatic carbocycles. The molecule has 59 heavy (non-hydrogen) atoms. The molecule has 1 unspecified atom stereocenters. The van der Waals surface area contributed by atoms with Gasteiger partial charge < -0.3 is 19.7 Å². The largest absolute Gasteiger partial charge is 0.371 e. The van der Waals surface area contributed by atoms with Crippen molar-refractivity contribution in [1.82, 2.24) is 44.5 Å². The van der Waals surface area contributed by atoms with E-state index in [1.807, 2.05) is 55.8 Å². The molecule has 14 nitrogen and oxygen atoms in total. The first-order valence-corrected chi connectivity index (χ1v) is 20.4. The number of aromatic nitrogens is 5. The number of hydrogen-bond acceptors (Lipinski definition) is 11. The molecular weight excluding hydrogens is 757 g/mol. The number of carbonyl (C=O) groups excluding carboxylic acids is 3. The standard InChI is InChI=1S/C43H47F2N11O3/c1-25(2)56-26(3)48-40-33(44)19-28(20-36(40)56)39-34(45)22-47-43(51-39)49-37-8-4-27(21-46-37)23-52-14-16-54(17-15-52)30-10-12-53(13-11-30)31-5-6-32-29(18-31)24-55(42(32)59)35-7-9-38(57)50-41(35)58/h4-6,8,18-22,25,30,35H,7,9-17,23-24H2,1-3H3,(H,50,57,58)(H,46,47,49,51). The minimum absolute atomic E-state index is 0.0156. The van der Waals surface area contributed by atoms with Crippen molar-refractivity contribution in [2.75, 3.05) is 49.5 Å². The molecule has 0 saturated carbocycles. The molecule has 7 heterocycles. The minimum Gasteiger partial charge on any atom is -0.371 e. The fourth-order valence-corrected chi connectivity index (χ4v) is 9.19. The molecule has 3 aromatic heterocycles. The highest BCUT2D eigenvalue weighted by molar-refractivity contribution is 6.05. The van der Waals surface area contributed by atoms with E-state index in [1.165, 1.54) is 6.07 Å². The molecule has 306 valence electrons. The van der Waals surface area contributed by atoms with Gasteiger partial charge in [0.05, 0.1) is 11.7 Å². The smallest absolute Gasteiger partial charge is 0.255 e. The predicted octanol–water partition coefficient (Wildman–Crippen LogP) is 5.35. The number of fused-ring (bicyclic) bond motifs is 2. The van der Waals surface area contributed by atoms with Gasteiger partial charge in [0, 0.05) is 93.9 Å². The Balaban J connectivity index is 0.758. The molecule has 4 aliphatic rings. The Labute approximate surface area is 340 Å².